The first-order chi connectivity index (χ1) is 6.20. The Balaban J connectivity index is 2.45. The van der Waals surface area contributed by atoms with Crippen molar-refractivity contribution in [2.75, 3.05) is 13.2 Å². The number of rotatable bonds is 4. The molecule has 5 nitrogen and oxygen atoms in total. The molecule has 3 N–H and O–H groups in total. The monoisotopic (exact) mass is 190 g/mol. The highest BCUT2D eigenvalue weighted by atomic mass is 16.7. The van der Waals surface area contributed by atoms with E-state index >= 15 is 0 Å². The van der Waals surface area contributed by atoms with Crippen molar-refractivity contribution in [1.82, 2.24) is 0 Å². The standard InChI is InChI=1S/C8H14O5/c1-2-3-12-8-7(11)6(10)5(4-9)13-8/h2,5-11H,1,3-4H2/t5?,6-,7?,8?/m0/s1. The predicted octanol–water partition coefficient (Wildman–Crippen LogP) is -1.37. The highest BCUT2D eigenvalue weighted by molar-refractivity contribution is 4.86. The lowest BCUT2D eigenvalue weighted by atomic mass is 10.1. The van der Waals surface area contributed by atoms with E-state index in [1.165, 1.54) is 6.08 Å². The summed E-state index contributed by atoms with van der Waals surface area (Å²) < 4.78 is 10.0. The molecule has 0 bridgehead atoms. The minimum absolute atomic E-state index is 0.229. The minimum atomic E-state index is -1.11. The van der Waals surface area contributed by atoms with E-state index in [2.05, 4.69) is 6.58 Å². The summed E-state index contributed by atoms with van der Waals surface area (Å²) in [5.41, 5.74) is 0. The van der Waals surface area contributed by atoms with Gasteiger partial charge in [0.15, 0.2) is 6.29 Å². The molecular weight excluding hydrogens is 176 g/mol. The molecule has 1 aliphatic heterocycles. The normalized spacial score (nSPS) is 39.3. The molecule has 0 aromatic rings. The van der Waals surface area contributed by atoms with Crippen LogP contribution in [0.4, 0.5) is 0 Å². The Hall–Kier alpha value is -0.460. The van der Waals surface area contributed by atoms with Crippen molar-refractivity contribution in [3.8, 4) is 0 Å². The molecule has 1 heterocycles. The Labute approximate surface area is 76.2 Å². The SMILES string of the molecule is C=CCOC1OC(CO)[C@H](O)C1O. The summed E-state index contributed by atoms with van der Waals surface area (Å²) >= 11 is 0. The van der Waals surface area contributed by atoms with E-state index in [-0.39, 0.29) is 13.2 Å². The number of hydrogen-bond donors (Lipinski definition) is 3. The average molecular weight is 190 g/mol. The molecule has 0 amide bonds. The van der Waals surface area contributed by atoms with E-state index in [0.717, 1.165) is 0 Å². The molecule has 0 saturated carbocycles. The molecule has 0 aromatic carbocycles. The third-order valence-corrected chi connectivity index (χ3v) is 1.88. The molecule has 13 heavy (non-hydrogen) atoms. The van der Waals surface area contributed by atoms with Gasteiger partial charge in [-0.05, 0) is 0 Å². The highest BCUT2D eigenvalue weighted by Crippen LogP contribution is 2.21. The second kappa shape index (κ2) is 4.69. The van der Waals surface area contributed by atoms with Gasteiger partial charge in [0.1, 0.15) is 18.3 Å². The van der Waals surface area contributed by atoms with E-state index in [0.29, 0.717) is 0 Å². The first-order valence-corrected chi connectivity index (χ1v) is 4.05. The smallest absolute Gasteiger partial charge is 0.187 e. The van der Waals surface area contributed by atoms with Crippen LogP contribution >= 0.6 is 0 Å². The summed E-state index contributed by atoms with van der Waals surface area (Å²) in [6.07, 6.45) is -2.36. The van der Waals surface area contributed by atoms with E-state index in [4.69, 9.17) is 14.6 Å². The van der Waals surface area contributed by atoms with Crippen LogP contribution in [0.25, 0.3) is 0 Å². The second-order valence-electron chi connectivity index (χ2n) is 2.83. The lowest BCUT2D eigenvalue weighted by molar-refractivity contribution is -0.162. The van der Waals surface area contributed by atoms with Crippen LogP contribution in [0.15, 0.2) is 12.7 Å². The van der Waals surface area contributed by atoms with Crippen LogP contribution in [0.3, 0.4) is 0 Å². The van der Waals surface area contributed by atoms with Gasteiger partial charge in [-0.25, -0.2) is 0 Å². The van der Waals surface area contributed by atoms with Crippen LogP contribution in [0.5, 0.6) is 0 Å². The molecule has 4 atom stereocenters. The fraction of sp³-hybridized carbons (Fsp3) is 0.750. The van der Waals surface area contributed by atoms with Gasteiger partial charge in [-0.1, -0.05) is 6.08 Å². The first kappa shape index (κ1) is 10.6. The van der Waals surface area contributed by atoms with Crippen molar-refractivity contribution >= 4 is 0 Å². The van der Waals surface area contributed by atoms with Gasteiger partial charge >= 0.3 is 0 Å². The van der Waals surface area contributed by atoms with Crippen molar-refractivity contribution in [3.05, 3.63) is 12.7 Å². The van der Waals surface area contributed by atoms with Crippen molar-refractivity contribution in [2.24, 2.45) is 0 Å². The lowest BCUT2D eigenvalue weighted by Crippen LogP contribution is -2.34. The van der Waals surface area contributed by atoms with Crippen molar-refractivity contribution in [2.45, 2.75) is 24.6 Å². The first-order valence-electron chi connectivity index (χ1n) is 4.05. The Morgan fingerprint density at radius 2 is 2.08 bits per heavy atom. The Morgan fingerprint density at radius 3 is 2.54 bits per heavy atom. The largest absolute Gasteiger partial charge is 0.394 e. The third kappa shape index (κ3) is 2.26. The zero-order valence-electron chi connectivity index (χ0n) is 7.17. The zero-order chi connectivity index (χ0) is 9.84. The molecule has 5 heteroatoms. The van der Waals surface area contributed by atoms with Gasteiger partial charge in [0.05, 0.1) is 13.2 Å². The van der Waals surface area contributed by atoms with Crippen LogP contribution in [0.2, 0.25) is 0 Å². The average Bonchev–Trinajstić information content (AvgIpc) is 2.41. The molecule has 1 saturated heterocycles. The van der Waals surface area contributed by atoms with Gasteiger partial charge < -0.3 is 24.8 Å². The van der Waals surface area contributed by atoms with Crippen molar-refractivity contribution in [3.63, 3.8) is 0 Å². The van der Waals surface area contributed by atoms with Gasteiger partial charge in [0.25, 0.3) is 0 Å². The van der Waals surface area contributed by atoms with Crippen LogP contribution < -0.4 is 0 Å². The van der Waals surface area contributed by atoms with Gasteiger partial charge in [0, 0.05) is 0 Å². The molecule has 1 rings (SSSR count). The number of aliphatic hydroxyl groups excluding tert-OH is 3. The molecular formula is C8H14O5. The fourth-order valence-electron chi connectivity index (χ4n) is 1.17. The maximum atomic E-state index is 9.34. The van der Waals surface area contributed by atoms with E-state index < -0.39 is 24.6 Å². The number of aliphatic hydroxyl groups is 3. The molecule has 3 unspecified atom stereocenters. The molecule has 0 spiro atoms. The zero-order valence-corrected chi connectivity index (χ0v) is 7.17. The Kier molecular flexibility index (Phi) is 3.83. The fourth-order valence-corrected chi connectivity index (χ4v) is 1.17. The van der Waals surface area contributed by atoms with Crippen LogP contribution in [-0.2, 0) is 9.47 Å². The molecule has 1 fully saturated rings. The summed E-state index contributed by atoms with van der Waals surface area (Å²) in [5.74, 6) is 0. The Bertz CT molecular complexity index is 172. The predicted molar refractivity (Wildman–Crippen MR) is 43.9 cm³/mol. The maximum Gasteiger partial charge on any atom is 0.187 e. The van der Waals surface area contributed by atoms with Gasteiger partial charge in [-0.3, -0.25) is 0 Å². The third-order valence-electron chi connectivity index (χ3n) is 1.88. The minimum Gasteiger partial charge on any atom is -0.394 e. The molecule has 0 aromatic heterocycles. The lowest BCUT2D eigenvalue weighted by Gasteiger charge is -2.13. The van der Waals surface area contributed by atoms with Crippen LogP contribution in [-0.4, -0.2) is 53.1 Å². The molecule has 1 aliphatic rings. The summed E-state index contributed by atoms with van der Waals surface area (Å²) in [6, 6.07) is 0. The van der Waals surface area contributed by atoms with E-state index in [1.54, 1.807) is 0 Å². The van der Waals surface area contributed by atoms with Crippen LogP contribution in [0.1, 0.15) is 0 Å². The molecule has 76 valence electrons. The van der Waals surface area contributed by atoms with Gasteiger partial charge in [-0.2, -0.15) is 0 Å². The maximum absolute atomic E-state index is 9.34. The number of ether oxygens (including phenoxy) is 2. The Morgan fingerprint density at radius 1 is 1.38 bits per heavy atom. The van der Waals surface area contributed by atoms with Crippen molar-refractivity contribution in [1.29, 1.82) is 0 Å². The van der Waals surface area contributed by atoms with Gasteiger partial charge in [0.2, 0.25) is 0 Å². The van der Waals surface area contributed by atoms with Crippen LogP contribution in [0, 0.1) is 0 Å². The second-order valence-corrected chi connectivity index (χ2v) is 2.83. The molecule has 0 aliphatic carbocycles. The quantitative estimate of drug-likeness (QED) is 0.476. The summed E-state index contributed by atoms with van der Waals surface area (Å²) in [5, 5.41) is 27.4. The summed E-state index contributed by atoms with van der Waals surface area (Å²) in [7, 11) is 0. The van der Waals surface area contributed by atoms with Crippen molar-refractivity contribution < 1.29 is 24.8 Å². The highest BCUT2D eigenvalue weighted by Gasteiger charge is 2.42. The van der Waals surface area contributed by atoms with Gasteiger partial charge in [-0.15, -0.1) is 6.58 Å². The molecule has 0 radical (unpaired) electrons. The summed E-state index contributed by atoms with van der Waals surface area (Å²) in [6.45, 7) is 3.32. The van der Waals surface area contributed by atoms with E-state index in [9.17, 15) is 10.2 Å². The number of hydrogen-bond acceptors (Lipinski definition) is 5. The topological polar surface area (TPSA) is 79.2 Å². The summed E-state index contributed by atoms with van der Waals surface area (Å²) in [4.78, 5) is 0. The van der Waals surface area contributed by atoms with E-state index in [1.807, 2.05) is 0 Å².